The third kappa shape index (κ3) is 3.25. The molecule has 0 heterocycles. The summed E-state index contributed by atoms with van der Waals surface area (Å²) in [7, 11) is 1.58. The molecule has 0 saturated carbocycles. The summed E-state index contributed by atoms with van der Waals surface area (Å²) >= 11 is 0. The maximum absolute atomic E-state index is 10.4. The van der Waals surface area contributed by atoms with E-state index in [-0.39, 0.29) is 0 Å². The largest absolute Gasteiger partial charge is 0.496 e. The summed E-state index contributed by atoms with van der Waals surface area (Å²) in [6.45, 7) is 0.369. The lowest BCUT2D eigenvalue weighted by Crippen LogP contribution is -2.24. The fraction of sp³-hybridized carbons (Fsp3) is 0.200. The number of ether oxygens (including phenoxy) is 1. The smallest absolute Gasteiger partial charge is 0.332 e. The van der Waals surface area contributed by atoms with Gasteiger partial charge in [0.25, 0.3) is 0 Å². The lowest BCUT2D eigenvalue weighted by Gasteiger charge is -2.06. The van der Waals surface area contributed by atoms with Crippen LogP contribution in [0.2, 0.25) is 0 Å². The molecule has 5 N–H and O–H groups in total. The zero-order chi connectivity index (χ0) is 12.0. The SMILES string of the molecule is COc1ccc(C=NNC(N)=O)cc1CN. The Hall–Kier alpha value is -2.08. The van der Waals surface area contributed by atoms with Crippen LogP contribution in [-0.2, 0) is 6.54 Å². The predicted molar refractivity (Wildman–Crippen MR) is 61.2 cm³/mol. The molecule has 0 aliphatic heterocycles. The van der Waals surface area contributed by atoms with Crippen LogP contribution in [0.4, 0.5) is 4.79 Å². The summed E-state index contributed by atoms with van der Waals surface area (Å²) in [5.74, 6) is 0.725. The van der Waals surface area contributed by atoms with Crippen LogP contribution >= 0.6 is 0 Å². The standard InChI is InChI=1S/C10H14N4O2/c1-16-9-3-2-7(4-8(9)5-11)6-13-14-10(12)15/h2-4,6H,5,11H2,1H3,(H3,12,14,15). The first kappa shape index (κ1) is 12.0. The molecule has 0 bridgehead atoms. The molecule has 0 aliphatic rings. The number of carbonyl (C=O) groups excluding carboxylic acids is 1. The predicted octanol–water partition coefficient (Wildman–Crippen LogP) is 0.156. The average molecular weight is 222 g/mol. The van der Waals surface area contributed by atoms with Gasteiger partial charge in [-0.1, -0.05) is 0 Å². The molecule has 0 atom stereocenters. The van der Waals surface area contributed by atoms with Crippen molar-refractivity contribution in [3.63, 3.8) is 0 Å². The van der Waals surface area contributed by atoms with Crippen LogP contribution in [-0.4, -0.2) is 19.4 Å². The molecular formula is C10H14N4O2. The monoisotopic (exact) mass is 222 g/mol. The second kappa shape index (κ2) is 5.72. The number of benzene rings is 1. The Kier molecular flexibility index (Phi) is 4.28. The number of primary amides is 1. The van der Waals surface area contributed by atoms with Crippen LogP contribution in [0, 0.1) is 0 Å². The number of nitrogens with two attached hydrogens (primary N) is 2. The molecule has 0 unspecified atom stereocenters. The van der Waals surface area contributed by atoms with Crippen LogP contribution in [0.25, 0.3) is 0 Å². The highest BCUT2D eigenvalue weighted by atomic mass is 16.5. The van der Waals surface area contributed by atoms with Crippen LogP contribution in [0.5, 0.6) is 5.75 Å². The molecule has 1 aromatic rings. The first-order valence-corrected chi connectivity index (χ1v) is 4.63. The van der Waals surface area contributed by atoms with Gasteiger partial charge in [0, 0.05) is 12.1 Å². The third-order valence-corrected chi connectivity index (χ3v) is 1.91. The van der Waals surface area contributed by atoms with Gasteiger partial charge in [-0.05, 0) is 23.8 Å². The van der Waals surface area contributed by atoms with Crippen molar-refractivity contribution >= 4 is 12.2 Å². The molecule has 0 aliphatic carbocycles. The van der Waals surface area contributed by atoms with Crippen molar-refractivity contribution in [2.24, 2.45) is 16.6 Å². The van der Waals surface area contributed by atoms with Crippen LogP contribution in [0.3, 0.4) is 0 Å². The Morgan fingerprint density at radius 2 is 2.38 bits per heavy atom. The Morgan fingerprint density at radius 1 is 1.62 bits per heavy atom. The molecular weight excluding hydrogens is 208 g/mol. The minimum absolute atomic E-state index is 0.369. The van der Waals surface area contributed by atoms with E-state index in [0.29, 0.717) is 6.54 Å². The van der Waals surface area contributed by atoms with Crippen molar-refractivity contribution in [3.05, 3.63) is 29.3 Å². The molecule has 16 heavy (non-hydrogen) atoms. The fourth-order valence-corrected chi connectivity index (χ4v) is 1.21. The second-order valence-corrected chi connectivity index (χ2v) is 3.01. The van der Waals surface area contributed by atoms with Gasteiger partial charge in [-0.15, -0.1) is 0 Å². The van der Waals surface area contributed by atoms with Crippen LogP contribution < -0.4 is 21.6 Å². The molecule has 6 nitrogen and oxygen atoms in total. The van der Waals surface area contributed by atoms with Crippen molar-refractivity contribution in [1.82, 2.24) is 5.43 Å². The van der Waals surface area contributed by atoms with Gasteiger partial charge in [0.1, 0.15) is 5.75 Å². The van der Waals surface area contributed by atoms with E-state index in [0.717, 1.165) is 16.9 Å². The number of nitrogens with zero attached hydrogens (tertiary/aromatic N) is 1. The van der Waals surface area contributed by atoms with E-state index in [2.05, 4.69) is 10.5 Å². The molecule has 0 aromatic heterocycles. The summed E-state index contributed by atoms with van der Waals surface area (Å²) in [4.78, 5) is 10.4. The summed E-state index contributed by atoms with van der Waals surface area (Å²) in [5.41, 5.74) is 14.2. The molecule has 0 spiro atoms. The number of urea groups is 1. The summed E-state index contributed by atoms with van der Waals surface area (Å²) in [5, 5.41) is 3.64. The lowest BCUT2D eigenvalue weighted by atomic mass is 10.1. The minimum Gasteiger partial charge on any atom is -0.496 e. The maximum Gasteiger partial charge on any atom is 0.332 e. The van der Waals surface area contributed by atoms with E-state index in [1.54, 1.807) is 19.2 Å². The van der Waals surface area contributed by atoms with E-state index >= 15 is 0 Å². The van der Waals surface area contributed by atoms with E-state index in [4.69, 9.17) is 16.2 Å². The summed E-state index contributed by atoms with van der Waals surface area (Å²) in [6, 6.07) is 4.70. The van der Waals surface area contributed by atoms with Gasteiger partial charge in [-0.2, -0.15) is 5.10 Å². The Balaban J connectivity index is 2.82. The molecule has 0 saturated heterocycles. The average Bonchev–Trinajstić information content (AvgIpc) is 2.28. The summed E-state index contributed by atoms with van der Waals surface area (Å²) < 4.78 is 5.12. The van der Waals surface area contributed by atoms with Crippen molar-refractivity contribution < 1.29 is 9.53 Å². The van der Waals surface area contributed by atoms with Gasteiger partial charge in [0.2, 0.25) is 0 Å². The zero-order valence-corrected chi connectivity index (χ0v) is 8.93. The van der Waals surface area contributed by atoms with E-state index < -0.39 is 6.03 Å². The van der Waals surface area contributed by atoms with Gasteiger partial charge in [-0.3, -0.25) is 0 Å². The normalized spacial score (nSPS) is 10.4. The summed E-state index contributed by atoms with van der Waals surface area (Å²) in [6.07, 6.45) is 1.48. The molecule has 6 heteroatoms. The molecule has 86 valence electrons. The topological polar surface area (TPSA) is 103 Å². The number of rotatable bonds is 4. The van der Waals surface area contributed by atoms with Gasteiger partial charge < -0.3 is 16.2 Å². The van der Waals surface area contributed by atoms with Gasteiger partial charge in [0.15, 0.2) is 0 Å². The van der Waals surface area contributed by atoms with Crippen molar-refractivity contribution in [2.75, 3.05) is 7.11 Å². The van der Waals surface area contributed by atoms with Gasteiger partial charge in [-0.25, -0.2) is 10.2 Å². The fourth-order valence-electron chi connectivity index (χ4n) is 1.21. The second-order valence-electron chi connectivity index (χ2n) is 3.01. The lowest BCUT2D eigenvalue weighted by molar-refractivity contribution is 0.249. The van der Waals surface area contributed by atoms with Gasteiger partial charge >= 0.3 is 6.03 Å². The van der Waals surface area contributed by atoms with Crippen molar-refractivity contribution in [2.45, 2.75) is 6.54 Å². The molecule has 1 aromatic carbocycles. The molecule has 0 fully saturated rings. The number of hydrogen-bond donors (Lipinski definition) is 3. The maximum atomic E-state index is 10.4. The molecule has 1 rings (SSSR count). The molecule has 0 radical (unpaired) electrons. The Bertz CT molecular complexity index is 404. The Labute approximate surface area is 93.3 Å². The van der Waals surface area contributed by atoms with Crippen molar-refractivity contribution in [1.29, 1.82) is 0 Å². The zero-order valence-electron chi connectivity index (χ0n) is 8.93. The Morgan fingerprint density at radius 3 is 2.94 bits per heavy atom. The third-order valence-electron chi connectivity index (χ3n) is 1.91. The minimum atomic E-state index is -0.705. The van der Waals surface area contributed by atoms with Crippen LogP contribution in [0.1, 0.15) is 11.1 Å². The number of methoxy groups -OCH3 is 1. The molecule has 2 amide bonds. The first-order valence-electron chi connectivity index (χ1n) is 4.63. The number of hydrazone groups is 1. The van der Waals surface area contributed by atoms with E-state index in [1.165, 1.54) is 6.21 Å². The first-order chi connectivity index (χ1) is 7.67. The van der Waals surface area contributed by atoms with Gasteiger partial charge in [0.05, 0.1) is 13.3 Å². The number of hydrogen-bond acceptors (Lipinski definition) is 4. The highest BCUT2D eigenvalue weighted by Gasteiger charge is 2.01. The number of amides is 2. The highest BCUT2D eigenvalue weighted by Crippen LogP contribution is 2.18. The highest BCUT2D eigenvalue weighted by molar-refractivity contribution is 5.82. The van der Waals surface area contributed by atoms with Crippen LogP contribution in [0.15, 0.2) is 23.3 Å². The number of carbonyl (C=O) groups is 1. The van der Waals surface area contributed by atoms with Crippen molar-refractivity contribution in [3.8, 4) is 5.75 Å². The number of nitrogens with one attached hydrogen (secondary N) is 1. The van der Waals surface area contributed by atoms with E-state index in [9.17, 15) is 4.79 Å². The quantitative estimate of drug-likeness (QED) is 0.499. The van der Waals surface area contributed by atoms with E-state index in [1.807, 2.05) is 6.07 Å².